The average molecular weight is 329 g/mol. The molecule has 1 aromatic carbocycles. The van der Waals surface area contributed by atoms with Crippen LogP contribution in [0.5, 0.6) is 0 Å². The number of hydrogen-bond acceptors (Lipinski definition) is 4. The van der Waals surface area contributed by atoms with Crippen molar-refractivity contribution < 1.29 is 19.1 Å². The molecule has 0 bridgehead atoms. The molecular formula is C19H23NO4. The average Bonchev–Trinajstić information content (AvgIpc) is 3.09. The molecule has 0 atom stereocenters. The Bertz CT molecular complexity index is 645. The Morgan fingerprint density at radius 3 is 2.71 bits per heavy atom. The molecule has 0 aliphatic heterocycles. The van der Waals surface area contributed by atoms with Crippen LogP contribution >= 0.6 is 0 Å². The number of aliphatic carboxylic acids is 1. The fourth-order valence-electron chi connectivity index (χ4n) is 3.14. The summed E-state index contributed by atoms with van der Waals surface area (Å²) in [5.41, 5.74) is 2.17. The summed E-state index contributed by atoms with van der Waals surface area (Å²) in [5, 5.41) is 12.6. The summed E-state index contributed by atoms with van der Waals surface area (Å²) < 4.78 is 10.9. The van der Waals surface area contributed by atoms with Gasteiger partial charge in [-0.05, 0) is 55.5 Å². The predicted octanol–water partition coefficient (Wildman–Crippen LogP) is 4.05. The van der Waals surface area contributed by atoms with Crippen molar-refractivity contribution in [3.63, 3.8) is 0 Å². The molecule has 5 heteroatoms. The van der Waals surface area contributed by atoms with Crippen LogP contribution in [0.3, 0.4) is 0 Å². The number of rotatable bonds is 7. The number of nitrogens with one attached hydrogen (secondary N) is 1. The standard InChI is InChI=1S/C19H23NO4/c21-19(22)15-6-8-16(9-7-15)20-17-4-1-3-14(11-17)12-23-13-18-5-2-10-24-18/h1-5,10-11,15-16,20H,6-9,12-13H2,(H,21,22). The second-order valence-electron chi connectivity index (χ2n) is 6.30. The molecular weight excluding hydrogens is 306 g/mol. The number of carbonyl (C=O) groups is 1. The second-order valence-corrected chi connectivity index (χ2v) is 6.30. The largest absolute Gasteiger partial charge is 0.481 e. The van der Waals surface area contributed by atoms with E-state index in [-0.39, 0.29) is 5.92 Å². The van der Waals surface area contributed by atoms with Crippen LogP contribution in [0.1, 0.15) is 37.0 Å². The first-order chi connectivity index (χ1) is 11.7. The molecule has 1 aliphatic carbocycles. The minimum atomic E-state index is -0.663. The minimum Gasteiger partial charge on any atom is -0.481 e. The summed E-state index contributed by atoms with van der Waals surface area (Å²) in [7, 11) is 0. The third-order valence-electron chi connectivity index (χ3n) is 4.47. The Labute approximate surface area is 141 Å². The summed E-state index contributed by atoms with van der Waals surface area (Å²) in [6.07, 6.45) is 4.94. The second kappa shape index (κ2) is 8.02. The Morgan fingerprint density at radius 2 is 2.00 bits per heavy atom. The van der Waals surface area contributed by atoms with Crippen molar-refractivity contribution in [2.75, 3.05) is 5.32 Å². The van der Waals surface area contributed by atoms with Crippen LogP contribution in [0.2, 0.25) is 0 Å². The number of ether oxygens (including phenoxy) is 1. The molecule has 0 saturated heterocycles. The van der Waals surface area contributed by atoms with Gasteiger partial charge in [0.25, 0.3) is 0 Å². The van der Waals surface area contributed by atoms with Crippen molar-refractivity contribution in [3.05, 3.63) is 54.0 Å². The molecule has 0 amide bonds. The zero-order valence-corrected chi connectivity index (χ0v) is 13.6. The van der Waals surface area contributed by atoms with E-state index in [1.165, 1.54) is 0 Å². The number of anilines is 1. The molecule has 2 N–H and O–H groups in total. The maximum atomic E-state index is 11.0. The summed E-state index contributed by atoms with van der Waals surface area (Å²) in [6.45, 7) is 0.992. The molecule has 0 radical (unpaired) electrons. The van der Waals surface area contributed by atoms with Gasteiger partial charge in [-0.25, -0.2) is 0 Å². The van der Waals surface area contributed by atoms with E-state index in [9.17, 15) is 4.79 Å². The fraction of sp³-hybridized carbons (Fsp3) is 0.421. The van der Waals surface area contributed by atoms with Gasteiger partial charge in [-0.15, -0.1) is 0 Å². The van der Waals surface area contributed by atoms with Gasteiger partial charge in [-0.3, -0.25) is 4.79 Å². The molecule has 128 valence electrons. The zero-order valence-electron chi connectivity index (χ0n) is 13.6. The first-order valence-corrected chi connectivity index (χ1v) is 8.39. The van der Waals surface area contributed by atoms with E-state index in [0.717, 1.165) is 42.7 Å². The van der Waals surface area contributed by atoms with Gasteiger partial charge in [0, 0.05) is 11.7 Å². The third-order valence-corrected chi connectivity index (χ3v) is 4.47. The van der Waals surface area contributed by atoms with Gasteiger partial charge in [0.05, 0.1) is 18.8 Å². The van der Waals surface area contributed by atoms with E-state index in [4.69, 9.17) is 14.3 Å². The number of benzene rings is 1. The molecule has 5 nitrogen and oxygen atoms in total. The summed E-state index contributed by atoms with van der Waals surface area (Å²) in [4.78, 5) is 11.0. The van der Waals surface area contributed by atoms with Gasteiger partial charge >= 0.3 is 5.97 Å². The molecule has 3 rings (SSSR count). The first-order valence-electron chi connectivity index (χ1n) is 8.39. The van der Waals surface area contributed by atoms with E-state index in [2.05, 4.69) is 11.4 Å². The van der Waals surface area contributed by atoms with E-state index in [1.54, 1.807) is 6.26 Å². The molecule has 1 aliphatic rings. The lowest BCUT2D eigenvalue weighted by molar-refractivity contribution is -0.142. The highest BCUT2D eigenvalue weighted by Gasteiger charge is 2.25. The quantitative estimate of drug-likeness (QED) is 0.802. The van der Waals surface area contributed by atoms with Crippen LogP contribution in [-0.4, -0.2) is 17.1 Å². The Morgan fingerprint density at radius 1 is 1.17 bits per heavy atom. The van der Waals surface area contributed by atoms with Gasteiger partial charge in [0.1, 0.15) is 12.4 Å². The molecule has 0 spiro atoms. The maximum absolute atomic E-state index is 11.0. The van der Waals surface area contributed by atoms with Crippen LogP contribution in [0.4, 0.5) is 5.69 Å². The van der Waals surface area contributed by atoms with Gasteiger partial charge in [0.15, 0.2) is 0 Å². The lowest BCUT2D eigenvalue weighted by atomic mass is 9.86. The number of hydrogen-bond donors (Lipinski definition) is 2. The van der Waals surface area contributed by atoms with Crippen LogP contribution < -0.4 is 5.32 Å². The highest BCUT2D eigenvalue weighted by Crippen LogP contribution is 2.27. The monoisotopic (exact) mass is 329 g/mol. The lowest BCUT2D eigenvalue weighted by Gasteiger charge is -2.27. The van der Waals surface area contributed by atoms with Crippen molar-refractivity contribution in [2.24, 2.45) is 5.92 Å². The fourth-order valence-corrected chi connectivity index (χ4v) is 3.14. The summed E-state index contributed by atoms with van der Waals surface area (Å²) >= 11 is 0. The van der Waals surface area contributed by atoms with Crippen molar-refractivity contribution >= 4 is 11.7 Å². The molecule has 1 aromatic heterocycles. The van der Waals surface area contributed by atoms with Crippen LogP contribution in [0.15, 0.2) is 47.1 Å². The van der Waals surface area contributed by atoms with Crippen molar-refractivity contribution in [3.8, 4) is 0 Å². The normalized spacial score (nSPS) is 20.7. The minimum absolute atomic E-state index is 0.176. The van der Waals surface area contributed by atoms with E-state index < -0.39 is 5.97 Å². The van der Waals surface area contributed by atoms with Crippen molar-refractivity contribution in [1.82, 2.24) is 0 Å². The van der Waals surface area contributed by atoms with Crippen LogP contribution in [0.25, 0.3) is 0 Å². The molecule has 24 heavy (non-hydrogen) atoms. The molecule has 0 unspecified atom stereocenters. The third kappa shape index (κ3) is 4.61. The van der Waals surface area contributed by atoms with Crippen LogP contribution in [-0.2, 0) is 22.7 Å². The van der Waals surface area contributed by atoms with Gasteiger partial charge < -0.3 is 19.6 Å². The highest BCUT2D eigenvalue weighted by molar-refractivity contribution is 5.70. The summed E-state index contributed by atoms with van der Waals surface area (Å²) in [5.74, 6) is -0.0204. The van der Waals surface area contributed by atoms with Gasteiger partial charge in [-0.2, -0.15) is 0 Å². The SMILES string of the molecule is O=C(O)C1CCC(Nc2cccc(COCc3ccco3)c2)CC1. The van der Waals surface area contributed by atoms with Gasteiger partial charge in [0.2, 0.25) is 0 Å². The Hall–Kier alpha value is -2.27. The van der Waals surface area contributed by atoms with E-state index in [1.807, 2.05) is 30.3 Å². The molecule has 1 saturated carbocycles. The molecule has 1 fully saturated rings. The summed E-state index contributed by atoms with van der Waals surface area (Å²) in [6, 6.07) is 12.3. The van der Waals surface area contributed by atoms with E-state index in [0.29, 0.717) is 19.3 Å². The Balaban J connectivity index is 1.47. The van der Waals surface area contributed by atoms with Gasteiger partial charge in [-0.1, -0.05) is 12.1 Å². The number of carboxylic acid groups (broad SMARTS) is 1. The molecule has 2 aromatic rings. The number of furan rings is 1. The van der Waals surface area contributed by atoms with Crippen molar-refractivity contribution in [1.29, 1.82) is 0 Å². The maximum Gasteiger partial charge on any atom is 0.306 e. The molecule has 1 heterocycles. The first kappa shape index (κ1) is 16.6. The topological polar surface area (TPSA) is 71.7 Å². The van der Waals surface area contributed by atoms with Crippen molar-refractivity contribution in [2.45, 2.75) is 44.9 Å². The van der Waals surface area contributed by atoms with E-state index >= 15 is 0 Å². The Kier molecular flexibility index (Phi) is 5.54. The zero-order chi connectivity index (χ0) is 16.8. The smallest absolute Gasteiger partial charge is 0.306 e. The van der Waals surface area contributed by atoms with Crippen LogP contribution in [0, 0.1) is 5.92 Å². The highest BCUT2D eigenvalue weighted by atomic mass is 16.5. The predicted molar refractivity (Wildman–Crippen MR) is 90.6 cm³/mol. The lowest BCUT2D eigenvalue weighted by Crippen LogP contribution is -2.29. The number of carboxylic acids is 1.